The summed E-state index contributed by atoms with van der Waals surface area (Å²) >= 11 is 0. The molecule has 2 rings (SSSR count). The first-order valence-electron chi connectivity index (χ1n) is 5.13. The maximum atomic E-state index is 3.50. The van der Waals surface area contributed by atoms with Gasteiger partial charge in [-0.05, 0) is 51.7 Å². The molecular weight excluding hydrogens is 148 g/mol. The molecule has 0 aromatic rings. The van der Waals surface area contributed by atoms with Crippen molar-refractivity contribution in [1.82, 2.24) is 10.2 Å². The van der Waals surface area contributed by atoms with E-state index in [-0.39, 0.29) is 0 Å². The highest BCUT2D eigenvalue weighted by Crippen LogP contribution is 2.38. The van der Waals surface area contributed by atoms with Crippen molar-refractivity contribution in [2.45, 2.75) is 32.2 Å². The van der Waals surface area contributed by atoms with Gasteiger partial charge in [0.15, 0.2) is 0 Å². The number of likely N-dealkylation sites (tertiary alicyclic amines) is 1. The summed E-state index contributed by atoms with van der Waals surface area (Å²) in [5.41, 5.74) is 0.673. The highest BCUT2D eigenvalue weighted by Gasteiger charge is 2.38. The Morgan fingerprint density at radius 2 is 2.25 bits per heavy atom. The molecular formula is C10H20N2. The molecule has 0 aliphatic carbocycles. The van der Waals surface area contributed by atoms with Gasteiger partial charge >= 0.3 is 0 Å². The minimum Gasteiger partial charge on any atom is -0.316 e. The van der Waals surface area contributed by atoms with Gasteiger partial charge in [0.05, 0.1) is 0 Å². The van der Waals surface area contributed by atoms with Crippen molar-refractivity contribution in [3.8, 4) is 0 Å². The van der Waals surface area contributed by atoms with Crippen LogP contribution in [0.3, 0.4) is 0 Å². The Labute approximate surface area is 75.3 Å². The van der Waals surface area contributed by atoms with Crippen LogP contribution in [0.2, 0.25) is 0 Å². The summed E-state index contributed by atoms with van der Waals surface area (Å²) in [6, 6.07) is 0.790. The smallest absolute Gasteiger partial charge is 0.00696 e. The molecule has 0 amide bonds. The molecule has 0 saturated carbocycles. The lowest BCUT2D eigenvalue weighted by molar-refractivity contribution is 0.0905. The topological polar surface area (TPSA) is 15.3 Å². The predicted octanol–water partition coefficient (Wildman–Crippen LogP) is 1.08. The van der Waals surface area contributed by atoms with Crippen molar-refractivity contribution < 1.29 is 0 Å². The van der Waals surface area contributed by atoms with Crippen molar-refractivity contribution in [3.05, 3.63) is 0 Å². The fourth-order valence-corrected chi connectivity index (χ4v) is 2.70. The molecule has 2 nitrogen and oxygen atoms in total. The molecule has 2 heterocycles. The summed E-state index contributed by atoms with van der Waals surface area (Å²) in [5.74, 6) is 0. The molecule has 2 heteroatoms. The maximum absolute atomic E-state index is 3.50. The van der Waals surface area contributed by atoms with Gasteiger partial charge in [-0.15, -0.1) is 0 Å². The largest absolute Gasteiger partial charge is 0.316 e. The molecule has 2 saturated heterocycles. The van der Waals surface area contributed by atoms with Crippen LogP contribution in [0.4, 0.5) is 0 Å². The number of nitrogens with zero attached hydrogens (tertiary/aromatic N) is 1. The van der Waals surface area contributed by atoms with Crippen molar-refractivity contribution in [3.63, 3.8) is 0 Å². The van der Waals surface area contributed by atoms with Crippen LogP contribution in [0.1, 0.15) is 26.2 Å². The molecule has 0 aromatic heterocycles. The number of nitrogens with one attached hydrogen (secondary N) is 1. The van der Waals surface area contributed by atoms with Gasteiger partial charge in [-0.25, -0.2) is 0 Å². The number of hydrogen-bond acceptors (Lipinski definition) is 2. The van der Waals surface area contributed by atoms with Crippen LogP contribution in [0, 0.1) is 5.41 Å². The van der Waals surface area contributed by atoms with Crippen LogP contribution < -0.4 is 5.32 Å². The SMILES string of the molecule is CC1CC2(CCNC2)CCN1C. The Bertz CT molecular complexity index is 161. The van der Waals surface area contributed by atoms with E-state index in [9.17, 15) is 0 Å². The second kappa shape index (κ2) is 3.00. The molecule has 0 radical (unpaired) electrons. The summed E-state index contributed by atoms with van der Waals surface area (Å²) < 4.78 is 0. The molecule has 2 aliphatic heterocycles. The number of hydrogen-bond donors (Lipinski definition) is 1. The van der Waals surface area contributed by atoms with E-state index in [1.54, 1.807) is 0 Å². The average Bonchev–Trinajstić information content (AvgIpc) is 2.47. The maximum Gasteiger partial charge on any atom is 0.00696 e. The van der Waals surface area contributed by atoms with Crippen molar-refractivity contribution >= 4 is 0 Å². The quantitative estimate of drug-likeness (QED) is 0.582. The number of piperidine rings is 1. The fraction of sp³-hybridized carbons (Fsp3) is 1.00. The van der Waals surface area contributed by atoms with E-state index in [2.05, 4.69) is 24.2 Å². The van der Waals surface area contributed by atoms with E-state index in [1.807, 2.05) is 0 Å². The second-order valence-electron chi connectivity index (χ2n) is 4.71. The molecule has 2 fully saturated rings. The lowest BCUT2D eigenvalue weighted by atomic mass is 9.75. The highest BCUT2D eigenvalue weighted by atomic mass is 15.1. The van der Waals surface area contributed by atoms with E-state index in [1.165, 1.54) is 38.9 Å². The first-order chi connectivity index (χ1) is 5.72. The third-order valence-electron chi connectivity index (χ3n) is 3.81. The molecule has 12 heavy (non-hydrogen) atoms. The summed E-state index contributed by atoms with van der Waals surface area (Å²) in [6.45, 7) is 6.17. The summed E-state index contributed by atoms with van der Waals surface area (Å²) in [7, 11) is 2.25. The Balaban J connectivity index is 2.01. The van der Waals surface area contributed by atoms with Gasteiger partial charge in [0.1, 0.15) is 0 Å². The second-order valence-corrected chi connectivity index (χ2v) is 4.71. The molecule has 0 aromatic carbocycles. The van der Waals surface area contributed by atoms with Crippen molar-refractivity contribution in [2.24, 2.45) is 5.41 Å². The van der Waals surface area contributed by atoms with Crippen LogP contribution in [-0.2, 0) is 0 Å². The average molecular weight is 168 g/mol. The van der Waals surface area contributed by atoms with E-state index in [4.69, 9.17) is 0 Å². The van der Waals surface area contributed by atoms with Gasteiger partial charge in [0, 0.05) is 12.6 Å². The summed E-state index contributed by atoms with van der Waals surface area (Å²) in [5, 5.41) is 3.50. The van der Waals surface area contributed by atoms with Crippen LogP contribution in [0.5, 0.6) is 0 Å². The molecule has 0 bridgehead atoms. The number of rotatable bonds is 0. The molecule has 2 aliphatic rings. The molecule has 70 valence electrons. The Hall–Kier alpha value is -0.0800. The predicted molar refractivity (Wildman–Crippen MR) is 51.2 cm³/mol. The van der Waals surface area contributed by atoms with Crippen LogP contribution in [0.15, 0.2) is 0 Å². The molecule has 1 N–H and O–H groups in total. The van der Waals surface area contributed by atoms with E-state index < -0.39 is 0 Å². The van der Waals surface area contributed by atoms with Crippen LogP contribution in [-0.4, -0.2) is 37.6 Å². The van der Waals surface area contributed by atoms with Crippen LogP contribution >= 0.6 is 0 Å². The minimum atomic E-state index is 0.673. The Morgan fingerprint density at radius 3 is 2.83 bits per heavy atom. The van der Waals surface area contributed by atoms with Crippen LogP contribution in [0.25, 0.3) is 0 Å². The third kappa shape index (κ3) is 1.38. The van der Waals surface area contributed by atoms with Gasteiger partial charge in [-0.1, -0.05) is 0 Å². The summed E-state index contributed by atoms with van der Waals surface area (Å²) in [6.07, 6.45) is 4.21. The Morgan fingerprint density at radius 1 is 1.42 bits per heavy atom. The van der Waals surface area contributed by atoms with Gasteiger partial charge in [-0.3, -0.25) is 0 Å². The molecule has 1 spiro atoms. The van der Waals surface area contributed by atoms with Gasteiger partial charge < -0.3 is 10.2 Å². The highest BCUT2D eigenvalue weighted by molar-refractivity contribution is 4.94. The first-order valence-corrected chi connectivity index (χ1v) is 5.13. The third-order valence-corrected chi connectivity index (χ3v) is 3.81. The van der Waals surface area contributed by atoms with Gasteiger partial charge in [-0.2, -0.15) is 0 Å². The van der Waals surface area contributed by atoms with Crippen molar-refractivity contribution in [1.29, 1.82) is 0 Å². The van der Waals surface area contributed by atoms with E-state index in [0.717, 1.165) is 6.04 Å². The monoisotopic (exact) mass is 168 g/mol. The lowest BCUT2D eigenvalue weighted by Crippen LogP contribution is -2.44. The zero-order valence-electron chi connectivity index (χ0n) is 8.27. The molecule has 2 unspecified atom stereocenters. The molecule has 2 atom stereocenters. The normalized spacial score (nSPS) is 44.0. The van der Waals surface area contributed by atoms with Gasteiger partial charge in [0.25, 0.3) is 0 Å². The van der Waals surface area contributed by atoms with Crippen molar-refractivity contribution in [2.75, 3.05) is 26.7 Å². The van der Waals surface area contributed by atoms with E-state index in [0.29, 0.717) is 5.41 Å². The van der Waals surface area contributed by atoms with E-state index >= 15 is 0 Å². The lowest BCUT2D eigenvalue weighted by Gasteiger charge is -2.41. The fourth-order valence-electron chi connectivity index (χ4n) is 2.70. The van der Waals surface area contributed by atoms with Gasteiger partial charge in [0.2, 0.25) is 0 Å². The zero-order valence-corrected chi connectivity index (χ0v) is 8.27. The zero-order chi connectivity index (χ0) is 8.60. The minimum absolute atomic E-state index is 0.673. The first kappa shape index (κ1) is 8.52. The summed E-state index contributed by atoms with van der Waals surface area (Å²) in [4.78, 5) is 2.49. The standard InChI is InChI=1S/C10H20N2/c1-9-7-10(3-5-11-8-10)4-6-12(9)2/h9,11H,3-8H2,1-2H3. The Kier molecular flexibility index (Phi) is 2.13.